The van der Waals surface area contributed by atoms with Crippen molar-refractivity contribution >= 4 is 5.91 Å². The van der Waals surface area contributed by atoms with Crippen molar-refractivity contribution in [3.8, 4) is 22.8 Å². The third kappa shape index (κ3) is 4.08. The number of amides is 1. The van der Waals surface area contributed by atoms with Crippen LogP contribution in [0.3, 0.4) is 0 Å². The van der Waals surface area contributed by atoms with Crippen LogP contribution in [-0.2, 0) is 11.3 Å². The Morgan fingerprint density at radius 3 is 2.79 bits per heavy atom. The number of imidazole rings is 1. The van der Waals surface area contributed by atoms with Gasteiger partial charge in [0.15, 0.2) is 0 Å². The molecule has 0 aliphatic rings. The molecule has 28 heavy (non-hydrogen) atoms. The minimum absolute atomic E-state index is 0.291. The second kappa shape index (κ2) is 8.29. The van der Waals surface area contributed by atoms with Crippen LogP contribution < -0.4 is 10.5 Å². The lowest BCUT2D eigenvalue weighted by atomic mass is 9.96. The molecule has 148 valence electrons. The van der Waals surface area contributed by atoms with Crippen LogP contribution in [0.15, 0.2) is 36.9 Å². The molecule has 0 bridgehead atoms. The third-order valence-electron chi connectivity index (χ3n) is 4.79. The molecule has 0 spiro atoms. The van der Waals surface area contributed by atoms with Gasteiger partial charge in [-0.1, -0.05) is 13.8 Å². The van der Waals surface area contributed by atoms with E-state index in [1.807, 2.05) is 21.6 Å². The van der Waals surface area contributed by atoms with Gasteiger partial charge in [-0.25, -0.2) is 4.98 Å². The lowest BCUT2D eigenvalue weighted by molar-refractivity contribution is -0.118. The first kappa shape index (κ1) is 19.7. The maximum Gasteiger partial charge on any atom is 0.217 e. The largest absolute Gasteiger partial charge is 0.496 e. The maximum atomic E-state index is 10.9. The van der Waals surface area contributed by atoms with E-state index in [9.17, 15) is 4.79 Å². The Hall–Kier alpha value is -3.09. The first-order valence-corrected chi connectivity index (χ1v) is 9.44. The topological polar surface area (TPSA) is 88.0 Å². The van der Waals surface area contributed by atoms with E-state index in [4.69, 9.17) is 10.5 Å². The quantitative estimate of drug-likeness (QED) is 0.647. The molecule has 2 heterocycles. The number of nitrogens with zero attached hydrogens (tertiary/aromatic N) is 4. The molecule has 0 radical (unpaired) electrons. The molecule has 3 aromatic rings. The van der Waals surface area contributed by atoms with Crippen molar-refractivity contribution < 1.29 is 9.53 Å². The lowest BCUT2D eigenvalue weighted by Crippen LogP contribution is -2.11. The van der Waals surface area contributed by atoms with Crippen molar-refractivity contribution in [2.75, 3.05) is 7.11 Å². The average Bonchev–Trinajstić information content (AvgIpc) is 3.29. The number of methoxy groups -OCH3 is 1. The average molecular weight is 381 g/mol. The zero-order chi connectivity index (χ0) is 20.3. The van der Waals surface area contributed by atoms with Crippen LogP contribution in [0.1, 0.15) is 43.7 Å². The molecule has 1 amide bonds. The molecule has 0 atom stereocenters. The van der Waals surface area contributed by atoms with Gasteiger partial charge in [-0.15, -0.1) is 0 Å². The van der Waals surface area contributed by atoms with Crippen molar-refractivity contribution in [2.24, 2.45) is 5.73 Å². The normalized spacial score (nSPS) is 11.2. The van der Waals surface area contributed by atoms with Gasteiger partial charge in [-0.3, -0.25) is 14.0 Å². The summed E-state index contributed by atoms with van der Waals surface area (Å²) in [6.45, 7) is 7.01. The highest BCUT2D eigenvalue weighted by atomic mass is 16.5. The number of hydrogen-bond acceptors (Lipinski definition) is 4. The Balaban J connectivity index is 1.94. The molecule has 2 N–H and O–H groups in total. The monoisotopic (exact) mass is 381 g/mol. The first-order valence-electron chi connectivity index (χ1n) is 9.44. The molecule has 0 saturated heterocycles. The molecule has 0 aliphatic heterocycles. The third-order valence-corrected chi connectivity index (χ3v) is 4.79. The summed E-state index contributed by atoms with van der Waals surface area (Å²) in [7, 11) is 1.70. The van der Waals surface area contributed by atoms with Crippen LogP contribution in [0.25, 0.3) is 17.1 Å². The highest BCUT2D eigenvalue weighted by Gasteiger charge is 2.16. The van der Waals surface area contributed by atoms with Crippen LogP contribution in [0.2, 0.25) is 0 Å². The predicted molar refractivity (Wildman–Crippen MR) is 109 cm³/mol. The van der Waals surface area contributed by atoms with Gasteiger partial charge in [0.25, 0.3) is 0 Å². The van der Waals surface area contributed by atoms with E-state index in [1.54, 1.807) is 19.5 Å². The zero-order valence-electron chi connectivity index (χ0n) is 16.8. The van der Waals surface area contributed by atoms with Gasteiger partial charge in [0.2, 0.25) is 5.91 Å². The van der Waals surface area contributed by atoms with Crippen molar-refractivity contribution in [3.05, 3.63) is 48.0 Å². The van der Waals surface area contributed by atoms with E-state index >= 15 is 0 Å². The second-order valence-corrected chi connectivity index (χ2v) is 7.22. The number of hydrogen-bond donors (Lipinski definition) is 1. The van der Waals surface area contributed by atoms with Crippen molar-refractivity contribution in [1.29, 1.82) is 0 Å². The smallest absolute Gasteiger partial charge is 0.217 e. The highest BCUT2D eigenvalue weighted by molar-refractivity contribution is 5.73. The summed E-state index contributed by atoms with van der Waals surface area (Å²) in [6, 6.07) is 4.23. The molecule has 2 aromatic heterocycles. The van der Waals surface area contributed by atoms with E-state index in [1.165, 1.54) is 0 Å². The molecule has 3 rings (SSSR count). The number of benzene rings is 1. The number of aromatic nitrogens is 4. The van der Waals surface area contributed by atoms with Crippen molar-refractivity contribution in [2.45, 2.75) is 46.1 Å². The SMILES string of the molecule is COc1cc(C)c(-c2nccn2-c2cnn(CCCC(N)=O)c2)cc1C(C)C. The Bertz CT molecular complexity index is 971. The minimum atomic E-state index is -0.291. The Morgan fingerprint density at radius 2 is 2.11 bits per heavy atom. The van der Waals surface area contributed by atoms with Gasteiger partial charge in [0.05, 0.1) is 19.0 Å². The van der Waals surface area contributed by atoms with Gasteiger partial charge in [0.1, 0.15) is 11.6 Å². The summed E-state index contributed by atoms with van der Waals surface area (Å²) >= 11 is 0. The van der Waals surface area contributed by atoms with Crippen LogP contribution in [0.5, 0.6) is 5.75 Å². The fourth-order valence-corrected chi connectivity index (χ4v) is 3.29. The lowest BCUT2D eigenvalue weighted by Gasteiger charge is -2.16. The van der Waals surface area contributed by atoms with Gasteiger partial charge >= 0.3 is 0 Å². The number of aryl methyl sites for hydroxylation is 2. The fraction of sp³-hybridized carbons (Fsp3) is 0.381. The van der Waals surface area contributed by atoms with Crippen LogP contribution in [-0.4, -0.2) is 32.3 Å². The Kier molecular flexibility index (Phi) is 5.82. The molecule has 0 aliphatic carbocycles. The molecule has 0 saturated carbocycles. The Morgan fingerprint density at radius 1 is 1.32 bits per heavy atom. The van der Waals surface area contributed by atoms with E-state index in [-0.39, 0.29) is 5.91 Å². The summed E-state index contributed by atoms with van der Waals surface area (Å²) in [5, 5.41) is 4.40. The fourth-order valence-electron chi connectivity index (χ4n) is 3.29. The number of carbonyl (C=O) groups excluding carboxylic acids is 1. The summed E-state index contributed by atoms with van der Waals surface area (Å²) in [4.78, 5) is 15.5. The predicted octanol–water partition coefficient (Wildman–Crippen LogP) is 3.44. The first-order chi connectivity index (χ1) is 13.4. The maximum absolute atomic E-state index is 10.9. The highest BCUT2D eigenvalue weighted by Crippen LogP contribution is 2.34. The van der Waals surface area contributed by atoms with Gasteiger partial charge in [-0.05, 0) is 42.5 Å². The van der Waals surface area contributed by atoms with Crippen LogP contribution in [0, 0.1) is 6.92 Å². The molecular formula is C21H27N5O2. The number of carbonyl (C=O) groups is 1. The molecule has 7 heteroatoms. The molecule has 1 aromatic carbocycles. The summed E-state index contributed by atoms with van der Waals surface area (Å²) in [5.74, 6) is 1.81. The van der Waals surface area contributed by atoms with Gasteiger partial charge in [0, 0.05) is 37.1 Å². The van der Waals surface area contributed by atoms with Crippen molar-refractivity contribution in [3.63, 3.8) is 0 Å². The minimum Gasteiger partial charge on any atom is -0.496 e. The summed E-state index contributed by atoms with van der Waals surface area (Å²) in [5.41, 5.74) is 9.44. The van der Waals surface area contributed by atoms with E-state index in [0.717, 1.165) is 34.0 Å². The van der Waals surface area contributed by atoms with Gasteiger partial charge < -0.3 is 10.5 Å². The molecule has 7 nitrogen and oxygen atoms in total. The van der Waals surface area contributed by atoms with Crippen LogP contribution >= 0.6 is 0 Å². The van der Waals surface area contributed by atoms with Crippen LogP contribution in [0.4, 0.5) is 0 Å². The van der Waals surface area contributed by atoms with E-state index < -0.39 is 0 Å². The number of ether oxygens (including phenoxy) is 1. The molecular weight excluding hydrogens is 354 g/mol. The second-order valence-electron chi connectivity index (χ2n) is 7.22. The molecule has 0 unspecified atom stereocenters. The van der Waals surface area contributed by atoms with Gasteiger partial charge in [-0.2, -0.15) is 5.10 Å². The zero-order valence-corrected chi connectivity index (χ0v) is 16.8. The Labute approximate surface area is 165 Å². The molecule has 0 fully saturated rings. The van der Waals surface area contributed by atoms with E-state index in [2.05, 4.69) is 43.0 Å². The number of primary amides is 1. The number of nitrogens with two attached hydrogens (primary N) is 1. The van der Waals surface area contributed by atoms with Crippen molar-refractivity contribution in [1.82, 2.24) is 19.3 Å². The standard InChI is InChI=1S/C21H27N5O2/c1-14(2)17-11-18(15(3)10-19(17)28-4)21-23-7-9-26(21)16-12-24-25(13-16)8-5-6-20(22)27/h7,9-14H,5-6,8H2,1-4H3,(H2,22,27). The number of rotatable bonds is 8. The summed E-state index contributed by atoms with van der Waals surface area (Å²) < 4.78 is 9.41. The summed E-state index contributed by atoms with van der Waals surface area (Å²) in [6.07, 6.45) is 8.50. The van der Waals surface area contributed by atoms with E-state index in [0.29, 0.717) is 25.3 Å².